The highest BCUT2D eigenvalue weighted by Gasteiger charge is 2.47. The first-order chi connectivity index (χ1) is 39.7. The monoisotopic (exact) mass is 1150 g/mol. The Bertz CT molecular complexity index is 1460. The van der Waals surface area contributed by atoms with Crippen LogP contribution < -0.4 is 5.32 Å². The molecular formula is C70H131NO10. The van der Waals surface area contributed by atoms with Gasteiger partial charge in [-0.1, -0.05) is 308 Å². The standard InChI is InChI=1S/C70H131NO10/c1-4-7-10-13-16-19-22-24-26-27-28-29-30-31-32-33-34-35-36-38-39-42-45-48-51-54-57-63(74)69(78)71-61(62(73)56-53-50-47-44-41-21-18-15-12-9-6-3)60-79-70-68(67(77)66(76)64(59-72)80-70)81-65(75)58-55-52-49-46-43-40-37-25-23-20-17-14-11-8-5-2/h16,19,24,26,53,56,61-64,66-68,70,72-74,76-77H,4-15,17-18,20-23,25,27-52,54-55,57-60H2,1-3H3,(H,71,78)/b19-16-,26-24-,56-53+. The molecule has 1 aliphatic heterocycles. The highest BCUT2D eigenvalue weighted by Crippen LogP contribution is 2.26. The molecule has 0 aromatic rings. The van der Waals surface area contributed by atoms with Crippen molar-refractivity contribution in [2.45, 2.75) is 384 Å². The van der Waals surface area contributed by atoms with Crippen molar-refractivity contribution in [3.63, 3.8) is 0 Å². The van der Waals surface area contributed by atoms with E-state index in [0.717, 1.165) is 64.2 Å². The fourth-order valence-electron chi connectivity index (χ4n) is 11.0. The lowest BCUT2D eigenvalue weighted by Gasteiger charge is -2.41. The van der Waals surface area contributed by atoms with Gasteiger partial charge in [-0.05, 0) is 57.8 Å². The van der Waals surface area contributed by atoms with Gasteiger partial charge in [0.05, 0.1) is 25.4 Å². The van der Waals surface area contributed by atoms with Crippen LogP contribution in [0.5, 0.6) is 0 Å². The third kappa shape index (κ3) is 45.9. The first-order valence-corrected chi connectivity index (χ1v) is 34.8. The van der Waals surface area contributed by atoms with E-state index < -0.39 is 67.4 Å². The number of carbonyl (C=O) groups is 2. The maximum Gasteiger partial charge on any atom is 0.306 e. The Morgan fingerprint density at radius 2 is 0.852 bits per heavy atom. The van der Waals surface area contributed by atoms with Crippen molar-refractivity contribution in [3.05, 3.63) is 36.5 Å². The molecule has 8 unspecified atom stereocenters. The molecule has 0 radical (unpaired) electrons. The highest BCUT2D eigenvalue weighted by molar-refractivity contribution is 5.80. The zero-order chi connectivity index (χ0) is 58.9. The SMILES string of the molecule is CCCCC/C=C\C/C=C\CCCCCCCCCCCCCCCCCCC(O)C(=O)NC(COC1OC(CO)C(O)C(O)C1OC(=O)CCCCCCCCCCCCCCCCC)C(O)/C=C/CCCCCCCCCCC. The number of aliphatic hydroxyl groups excluding tert-OH is 5. The summed E-state index contributed by atoms with van der Waals surface area (Å²) in [6.07, 6.45) is 60.5. The number of amides is 1. The molecule has 0 bridgehead atoms. The molecule has 6 N–H and O–H groups in total. The zero-order valence-corrected chi connectivity index (χ0v) is 52.9. The molecule has 1 amide bonds. The van der Waals surface area contributed by atoms with Gasteiger partial charge in [0.1, 0.15) is 24.4 Å². The van der Waals surface area contributed by atoms with Crippen LogP contribution in [-0.4, -0.2) is 99.6 Å². The average Bonchev–Trinajstić information content (AvgIpc) is 3.51. The highest BCUT2D eigenvalue weighted by atomic mass is 16.7. The Labute approximate surface area is 498 Å². The van der Waals surface area contributed by atoms with Gasteiger partial charge in [0.2, 0.25) is 5.91 Å². The first-order valence-electron chi connectivity index (χ1n) is 34.8. The third-order valence-corrected chi connectivity index (χ3v) is 16.5. The molecule has 1 saturated heterocycles. The minimum Gasteiger partial charge on any atom is -0.454 e. The van der Waals surface area contributed by atoms with Crippen molar-refractivity contribution in [2.75, 3.05) is 13.2 Å². The lowest BCUT2D eigenvalue weighted by atomic mass is 9.99. The maximum atomic E-state index is 13.5. The third-order valence-electron chi connectivity index (χ3n) is 16.5. The molecule has 81 heavy (non-hydrogen) atoms. The number of carbonyl (C=O) groups excluding carboxylic acids is 2. The predicted molar refractivity (Wildman–Crippen MR) is 338 cm³/mol. The first kappa shape index (κ1) is 76.9. The second-order valence-electron chi connectivity index (χ2n) is 24.3. The van der Waals surface area contributed by atoms with E-state index in [-0.39, 0.29) is 13.0 Å². The fraction of sp³-hybridized carbons (Fsp3) is 0.886. The van der Waals surface area contributed by atoms with Crippen molar-refractivity contribution in [1.82, 2.24) is 5.32 Å². The molecule has 0 aromatic carbocycles. The lowest BCUT2D eigenvalue weighted by molar-refractivity contribution is -0.305. The minimum absolute atomic E-state index is 0.129. The summed E-state index contributed by atoms with van der Waals surface area (Å²) < 4.78 is 17.7. The van der Waals surface area contributed by atoms with Crippen molar-refractivity contribution in [3.8, 4) is 0 Å². The van der Waals surface area contributed by atoms with Gasteiger partial charge in [0, 0.05) is 6.42 Å². The van der Waals surface area contributed by atoms with E-state index in [2.05, 4.69) is 50.4 Å². The van der Waals surface area contributed by atoms with Crippen LogP contribution in [0.1, 0.15) is 335 Å². The molecule has 1 heterocycles. The smallest absolute Gasteiger partial charge is 0.306 e. The van der Waals surface area contributed by atoms with Crippen LogP contribution in [-0.2, 0) is 23.8 Å². The van der Waals surface area contributed by atoms with E-state index in [1.54, 1.807) is 6.08 Å². The molecule has 476 valence electrons. The average molecular weight is 1150 g/mol. The number of ether oxygens (including phenoxy) is 3. The quantitative estimate of drug-likeness (QED) is 0.0195. The van der Waals surface area contributed by atoms with Gasteiger partial charge >= 0.3 is 5.97 Å². The van der Waals surface area contributed by atoms with Crippen molar-refractivity contribution >= 4 is 11.9 Å². The molecule has 1 rings (SSSR count). The second kappa shape index (κ2) is 58.3. The number of hydrogen-bond acceptors (Lipinski definition) is 10. The Balaban J connectivity index is 2.53. The number of aliphatic hydroxyl groups is 5. The molecule has 8 atom stereocenters. The molecule has 1 fully saturated rings. The Morgan fingerprint density at radius 3 is 1.28 bits per heavy atom. The van der Waals surface area contributed by atoms with Crippen LogP contribution >= 0.6 is 0 Å². The largest absolute Gasteiger partial charge is 0.454 e. The predicted octanol–water partition coefficient (Wildman–Crippen LogP) is 17.4. The summed E-state index contributed by atoms with van der Waals surface area (Å²) in [5, 5.41) is 57.1. The summed E-state index contributed by atoms with van der Waals surface area (Å²) in [6, 6.07) is -1.02. The van der Waals surface area contributed by atoms with Gasteiger partial charge in [-0.3, -0.25) is 9.59 Å². The number of esters is 1. The fourth-order valence-corrected chi connectivity index (χ4v) is 11.0. The number of hydrogen-bond donors (Lipinski definition) is 6. The van der Waals surface area contributed by atoms with Crippen LogP contribution in [0.15, 0.2) is 36.5 Å². The lowest BCUT2D eigenvalue weighted by Crippen LogP contribution is -2.61. The molecule has 11 nitrogen and oxygen atoms in total. The Kier molecular flexibility index (Phi) is 55.3. The number of allylic oxidation sites excluding steroid dienone is 5. The van der Waals surface area contributed by atoms with E-state index in [0.29, 0.717) is 19.3 Å². The zero-order valence-electron chi connectivity index (χ0n) is 52.9. The van der Waals surface area contributed by atoms with Crippen LogP contribution in [0.2, 0.25) is 0 Å². The van der Waals surface area contributed by atoms with Crippen LogP contribution in [0.25, 0.3) is 0 Å². The van der Waals surface area contributed by atoms with Gasteiger partial charge in [-0.2, -0.15) is 0 Å². The molecule has 11 heteroatoms. The number of nitrogens with one attached hydrogen (secondary N) is 1. The number of unbranched alkanes of at least 4 members (excludes halogenated alkanes) is 42. The van der Waals surface area contributed by atoms with Crippen molar-refractivity contribution in [2.24, 2.45) is 0 Å². The van der Waals surface area contributed by atoms with E-state index in [1.165, 1.54) is 225 Å². The molecule has 0 aliphatic carbocycles. The van der Waals surface area contributed by atoms with Gasteiger partial charge in [0.15, 0.2) is 12.4 Å². The van der Waals surface area contributed by atoms with E-state index in [4.69, 9.17) is 14.2 Å². The minimum atomic E-state index is -1.61. The van der Waals surface area contributed by atoms with Crippen molar-refractivity contribution < 1.29 is 49.3 Å². The van der Waals surface area contributed by atoms with Gasteiger partial charge in [-0.25, -0.2) is 0 Å². The molecule has 0 aromatic heterocycles. The van der Waals surface area contributed by atoms with Crippen LogP contribution in [0.3, 0.4) is 0 Å². The Morgan fingerprint density at radius 1 is 0.481 bits per heavy atom. The van der Waals surface area contributed by atoms with Gasteiger partial charge < -0.3 is 45.1 Å². The second-order valence-corrected chi connectivity index (χ2v) is 24.3. The summed E-state index contributed by atoms with van der Waals surface area (Å²) in [5.74, 6) is -1.18. The molecular weight excluding hydrogens is 1010 g/mol. The molecule has 1 aliphatic rings. The number of rotatable bonds is 60. The maximum absolute atomic E-state index is 13.5. The summed E-state index contributed by atoms with van der Waals surface area (Å²) >= 11 is 0. The van der Waals surface area contributed by atoms with Crippen LogP contribution in [0.4, 0.5) is 0 Å². The summed E-state index contributed by atoms with van der Waals surface area (Å²) in [4.78, 5) is 26.6. The van der Waals surface area contributed by atoms with E-state index in [1.807, 2.05) is 6.08 Å². The van der Waals surface area contributed by atoms with E-state index >= 15 is 0 Å². The van der Waals surface area contributed by atoms with Gasteiger partial charge in [-0.15, -0.1) is 0 Å². The summed E-state index contributed by atoms with van der Waals surface area (Å²) in [7, 11) is 0. The van der Waals surface area contributed by atoms with Crippen LogP contribution in [0, 0.1) is 0 Å². The molecule has 0 saturated carbocycles. The normalized spacial score (nSPS) is 18.8. The Hall–Kier alpha value is -2.12. The van der Waals surface area contributed by atoms with E-state index in [9.17, 15) is 35.1 Å². The van der Waals surface area contributed by atoms with Crippen molar-refractivity contribution in [1.29, 1.82) is 0 Å². The summed E-state index contributed by atoms with van der Waals surface area (Å²) in [5.41, 5.74) is 0. The molecule has 0 spiro atoms. The topological polar surface area (TPSA) is 175 Å². The van der Waals surface area contributed by atoms with Gasteiger partial charge in [0.25, 0.3) is 0 Å². The summed E-state index contributed by atoms with van der Waals surface area (Å²) in [6.45, 7) is 5.80.